The number of nitrogens with one attached hydrogen (secondary N) is 1. The van der Waals surface area contributed by atoms with Crippen molar-refractivity contribution in [3.63, 3.8) is 0 Å². The van der Waals surface area contributed by atoms with E-state index in [9.17, 15) is 9.90 Å². The van der Waals surface area contributed by atoms with Crippen LogP contribution in [0, 0.1) is 13.8 Å². The lowest BCUT2D eigenvalue weighted by molar-refractivity contribution is 0.468. The smallest absolute Gasteiger partial charge is 0.270 e. The monoisotopic (exact) mass is 436 g/mol. The van der Waals surface area contributed by atoms with Crippen LogP contribution in [-0.4, -0.2) is 15.1 Å². The minimum atomic E-state index is -0.193. The number of halogens is 2. The quantitative estimate of drug-likeness (QED) is 0.625. The lowest BCUT2D eigenvalue weighted by Gasteiger charge is -2.08. The summed E-state index contributed by atoms with van der Waals surface area (Å²) in [6.07, 6.45) is 0.385. The molecule has 1 heterocycles. The maximum Gasteiger partial charge on any atom is 0.270 e. The van der Waals surface area contributed by atoms with Gasteiger partial charge in [-0.25, -0.2) is 4.98 Å². The molecule has 0 atom stereocenters. The molecular formula is C17H14Br2N2O2. The van der Waals surface area contributed by atoms with Gasteiger partial charge in [0.05, 0.1) is 20.0 Å². The van der Waals surface area contributed by atoms with Gasteiger partial charge in [-0.1, -0.05) is 0 Å². The Morgan fingerprint density at radius 1 is 1.09 bits per heavy atom. The molecule has 0 aliphatic carbocycles. The van der Waals surface area contributed by atoms with Crippen molar-refractivity contribution in [1.29, 1.82) is 0 Å². The van der Waals surface area contributed by atoms with Crippen molar-refractivity contribution in [1.82, 2.24) is 9.97 Å². The fourth-order valence-corrected chi connectivity index (χ4v) is 3.70. The van der Waals surface area contributed by atoms with E-state index >= 15 is 0 Å². The Morgan fingerprint density at radius 3 is 2.35 bits per heavy atom. The number of aryl methyl sites for hydroxylation is 2. The third-order valence-corrected chi connectivity index (χ3v) is 5.03. The predicted molar refractivity (Wildman–Crippen MR) is 98.2 cm³/mol. The number of fused-ring (bicyclic) bond motifs is 1. The van der Waals surface area contributed by atoms with Gasteiger partial charge >= 0.3 is 0 Å². The summed E-state index contributed by atoms with van der Waals surface area (Å²) in [7, 11) is 0. The number of aromatic hydroxyl groups is 1. The Balaban J connectivity index is 2.08. The molecule has 3 rings (SSSR count). The molecule has 1 aromatic heterocycles. The highest BCUT2D eigenvalue weighted by Gasteiger charge is 2.11. The van der Waals surface area contributed by atoms with Crippen molar-refractivity contribution in [2.75, 3.05) is 0 Å². The number of phenolic OH excluding ortho intramolecular Hbond substituents is 1. The first kappa shape index (κ1) is 16.2. The fraction of sp³-hybridized carbons (Fsp3) is 0.176. The molecule has 0 fully saturated rings. The number of H-pyrrole nitrogens is 1. The topological polar surface area (TPSA) is 66.0 Å². The first-order chi connectivity index (χ1) is 10.8. The molecule has 0 aliphatic rings. The van der Waals surface area contributed by atoms with E-state index < -0.39 is 0 Å². The number of hydrogen-bond acceptors (Lipinski definition) is 3. The predicted octanol–water partition coefficient (Wildman–Crippen LogP) is 4.36. The summed E-state index contributed by atoms with van der Waals surface area (Å²) in [6.45, 7) is 4.03. The average Bonchev–Trinajstić information content (AvgIpc) is 2.48. The minimum Gasteiger partial charge on any atom is -0.506 e. The number of aromatic amines is 1. The number of rotatable bonds is 2. The SMILES string of the molecule is Cc1cc2nc(Cc3cc(Br)c(O)c(Br)c3)c(=O)[nH]c2cc1C. The van der Waals surface area contributed by atoms with Crippen molar-refractivity contribution in [3.8, 4) is 5.75 Å². The maximum atomic E-state index is 12.3. The summed E-state index contributed by atoms with van der Waals surface area (Å²) < 4.78 is 1.15. The largest absolute Gasteiger partial charge is 0.506 e. The summed E-state index contributed by atoms with van der Waals surface area (Å²) >= 11 is 6.60. The second kappa shape index (κ2) is 6.09. The van der Waals surface area contributed by atoms with E-state index in [1.165, 1.54) is 0 Å². The molecular weight excluding hydrogens is 424 g/mol. The van der Waals surface area contributed by atoms with Crippen LogP contribution in [0.2, 0.25) is 0 Å². The number of aromatic nitrogens is 2. The van der Waals surface area contributed by atoms with Crippen LogP contribution in [0.15, 0.2) is 38.0 Å². The summed E-state index contributed by atoms with van der Waals surface area (Å²) in [4.78, 5) is 19.7. The molecule has 0 amide bonds. The Kier molecular flexibility index (Phi) is 4.29. The zero-order chi connectivity index (χ0) is 16.7. The van der Waals surface area contributed by atoms with E-state index in [0.717, 1.165) is 27.7 Å². The summed E-state index contributed by atoms with van der Waals surface area (Å²) in [5.41, 5.74) is 4.91. The van der Waals surface area contributed by atoms with E-state index in [0.29, 0.717) is 21.1 Å². The first-order valence-electron chi connectivity index (χ1n) is 7.02. The molecule has 23 heavy (non-hydrogen) atoms. The second-order valence-corrected chi connectivity index (χ2v) is 7.26. The molecule has 0 aliphatic heterocycles. The first-order valence-corrected chi connectivity index (χ1v) is 8.61. The lowest BCUT2D eigenvalue weighted by Crippen LogP contribution is -2.15. The standard InChI is InChI=1S/C17H14Br2N2O2/c1-8-3-13-14(4-9(8)2)21-17(23)15(20-13)7-10-5-11(18)16(22)12(19)6-10/h3-6,22H,7H2,1-2H3,(H,21,23). The molecule has 0 bridgehead atoms. The molecule has 2 N–H and O–H groups in total. The van der Waals surface area contributed by atoms with Gasteiger partial charge in [0.15, 0.2) is 0 Å². The van der Waals surface area contributed by atoms with Gasteiger partial charge in [-0.2, -0.15) is 0 Å². The van der Waals surface area contributed by atoms with Crippen LogP contribution >= 0.6 is 31.9 Å². The summed E-state index contributed by atoms with van der Waals surface area (Å²) in [5, 5.41) is 9.77. The summed E-state index contributed by atoms with van der Waals surface area (Å²) in [6, 6.07) is 7.49. The van der Waals surface area contributed by atoms with Crippen molar-refractivity contribution in [2.45, 2.75) is 20.3 Å². The molecule has 0 radical (unpaired) electrons. The second-order valence-electron chi connectivity index (χ2n) is 5.55. The van der Waals surface area contributed by atoms with Crippen LogP contribution in [0.1, 0.15) is 22.4 Å². The fourth-order valence-electron chi connectivity index (χ4n) is 2.42. The molecule has 0 saturated carbocycles. The third-order valence-electron chi connectivity index (χ3n) is 3.83. The van der Waals surface area contributed by atoms with Crippen LogP contribution in [0.3, 0.4) is 0 Å². The van der Waals surface area contributed by atoms with Crippen molar-refractivity contribution < 1.29 is 5.11 Å². The third kappa shape index (κ3) is 3.19. The highest BCUT2D eigenvalue weighted by Crippen LogP contribution is 2.33. The minimum absolute atomic E-state index is 0.139. The van der Waals surface area contributed by atoms with Gasteiger partial charge in [0.2, 0.25) is 0 Å². The normalized spacial score (nSPS) is 11.1. The number of nitrogens with zero attached hydrogens (tertiary/aromatic N) is 1. The molecule has 0 spiro atoms. The lowest BCUT2D eigenvalue weighted by atomic mass is 10.1. The van der Waals surface area contributed by atoms with Gasteiger partial charge in [-0.15, -0.1) is 0 Å². The zero-order valence-corrected chi connectivity index (χ0v) is 15.7. The van der Waals surface area contributed by atoms with E-state index in [4.69, 9.17) is 0 Å². The van der Waals surface area contributed by atoms with Gasteiger partial charge in [0, 0.05) is 6.42 Å². The summed E-state index contributed by atoms with van der Waals surface area (Å²) in [5.74, 6) is 0.139. The Hall–Kier alpha value is -1.66. The van der Waals surface area contributed by atoms with E-state index in [1.807, 2.05) is 26.0 Å². The molecule has 6 heteroatoms. The Morgan fingerprint density at radius 2 is 1.70 bits per heavy atom. The number of hydrogen-bond donors (Lipinski definition) is 2. The van der Waals surface area contributed by atoms with E-state index in [2.05, 4.69) is 41.8 Å². The van der Waals surface area contributed by atoms with Crippen LogP contribution in [0.25, 0.3) is 11.0 Å². The van der Waals surface area contributed by atoms with Crippen LogP contribution in [0.4, 0.5) is 0 Å². The maximum absolute atomic E-state index is 12.3. The van der Waals surface area contributed by atoms with Gasteiger partial charge in [0.1, 0.15) is 11.4 Å². The van der Waals surface area contributed by atoms with Crippen LogP contribution in [-0.2, 0) is 6.42 Å². The van der Waals surface area contributed by atoms with E-state index in [1.54, 1.807) is 12.1 Å². The zero-order valence-electron chi connectivity index (χ0n) is 12.6. The molecule has 118 valence electrons. The average molecular weight is 438 g/mol. The van der Waals surface area contributed by atoms with Crippen LogP contribution < -0.4 is 5.56 Å². The highest BCUT2D eigenvalue weighted by molar-refractivity contribution is 9.11. The molecule has 0 saturated heterocycles. The number of benzene rings is 2. The molecule has 4 nitrogen and oxygen atoms in total. The van der Waals surface area contributed by atoms with E-state index in [-0.39, 0.29) is 11.3 Å². The Bertz CT molecular complexity index is 957. The van der Waals surface area contributed by atoms with Crippen LogP contribution in [0.5, 0.6) is 5.75 Å². The molecule has 3 aromatic rings. The van der Waals surface area contributed by atoms with Crippen molar-refractivity contribution in [3.05, 3.63) is 65.9 Å². The molecule has 2 aromatic carbocycles. The van der Waals surface area contributed by atoms with Gasteiger partial charge in [-0.05, 0) is 86.7 Å². The van der Waals surface area contributed by atoms with Gasteiger partial charge in [-0.3, -0.25) is 4.79 Å². The number of phenols is 1. The molecule has 0 unspecified atom stereocenters. The highest BCUT2D eigenvalue weighted by atomic mass is 79.9. The van der Waals surface area contributed by atoms with Gasteiger partial charge < -0.3 is 10.1 Å². The van der Waals surface area contributed by atoms with Crippen molar-refractivity contribution >= 4 is 42.9 Å². The Labute approximate surface area is 149 Å². The van der Waals surface area contributed by atoms with Gasteiger partial charge in [0.25, 0.3) is 5.56 Å². The van der Waals surface area contributed by atoms with Crippen molar-refractivity contribution in [2.24, 2.45) is 0 Å².